The summed E-state index contributed by atoms with van der Waals surface area (Å²) in [4.78, 5) is 11.1. The quantitative estimate of drug-likeness (QED) is 0.646. The van der Waals surface area contributed by atoms with Gasteiger partial charge < -0.3 is 10.5 Å². The van der Waals surface area contributed by atoms with Gasteiger partial charge in [0, 0.05) is 19.6 Å². The van der Waals surface area contributed by atoms with Crippen LogP contribution >= 0.6 is 0 Å². The monoisotopic (exact) mass is 267 g/mol. The van der Waals surface area contributed by atoms with Gasteiger partial charge in [0.1, 0.15) is 0 Å². The molecule has 0 saturated heterocycles. The van der Waals surface area contributed by atoms with E-state index in [0.29, 0.717) is 13.0 Å². The number of carbonyl (C=O) groups excluding carboxylic acids is 1. The molecular weight excluding hydrogens is 246 g/mol. The van der Waals surface area contributed by atoms with Gasteiger partial charge in [-0.25, -0.2) is 9.52 Å². The molecule has 0 heterocycles. The molecule has 0 aliphatic rings. The molecule has 0 fully saturated rings. The van der Waals surface area contributed by atoms with Crippen LogP contribution in [0.3, 0.4) is 0 Å². The molecule has 7 nitrogen and oxygen atoms in total. The zero-order valence-electron chi connectivity index (χ0n) is 10.3. The molecule has 0 unspecified atom stereocenters. The number of nitrogens with two attached hydrogens (primary N) is 1. The molecule has 102 valence electrons. The molecule has 17 heavy (non-hydrogen) atoms. The minimum absolute atomic E-state index is 0.118. The molecule has 8 heteroatoms. The number of amides is 1. The fraction of sp³-hybridized carbons (Fsp3) is 0.889. The van der Waals surface area contributed by atoms with Gasteiger partial charge in [0.2, 0.25) is 0 Å². The predicted octanol–water partition coefficient (Wildman–Crippen LogP) is 0.0381. The fourth-order valence-corrected chi connectivity index (χ4v) is 2.27. The van der Waals surface area contributed by atoms with Crippen molar-refractivity contribution in [2.45, 2.75) is 26.7 Å². The van der Waals surface area contributed by atoms with E-state index in [-0.39, 0.29) is 19.7 Å². The van der Waals surface area contributed by atoms with Gasteiger partial charge in [-0.3, -0.25) is 0 Å². The first-order valence-electron chi connectivity index (χ1n) is 5.62. The SMILES string of the molecule is CCCCN(CCN)S(=O)(=O)NC(=O)OCC. The first kappa shape index (κ1) is 16.1. The van der Waals surface area contributed by atoms with Crippen molar-refractivity contribution < 1.29 is 17.9 Å². The number of nitrogens with zero attached hydrogens (tertiary/aromatic N) is 1. The van der Waals surface area contributed by atoms with Crippen LogP contribution in [-0.4, -0.2) is 45.1 Å². The summed E-state index contributed by atoms with van der Waals surface area (Å²) in [5.74, 6) is 0. The molecule has 0 aromatic rings. The van der Waals surface area contributed by atoms with Crippen LogP contribution in [0, 0.1) is 0 Å². The highest BCUT2D eigenvalue weighted by molar-refractivity contribution is 7.87. The van der Waals surface area contributed by atoms with E-state index < -0.39 is 16.3 Å². The van der Waals surface area contributed by atoms with Gasteiger partial charge in [-0.2, -0.15) is 12.7 Å². The topological polar surface area (TPSA) is 102 Å². The lowest BCUT2D eigenvalue weighted by molar-refractivity contribution is 0.158. The summed E-state index contributed by atoms with van der Waals surface area (Å²) in [5.41, 5.74) is 5.34. The molecular formula is C9H21N3O4S. The predicted molar refractivity (Wildman–Crippen MR) is 64.6 cm³/mol. The summed E-state index contributed by atoms with van der Waals surface area (Å²) in [5, 5.41) is 0. The number of ether oxygens (including phenoxy) is 1. The van der Waals surface area contributed by atoms with Crippen molar-refractivity contribution >= 4 is 16.3 Å². The lowest BCUT2D eigenvalue weighted by atomic mass is 10.3. The molecule has 0 aliphatic heterocycles. The highest BCUT2D eigenvalue weighted by Gasteiger charge is 2.23. The number of unbranched alkanes of at least 4 members (excludes halogenated alkanes) is 1. The molecule has 1 amide bonds. The Balaban J connectivity index is 4.53. The van der Waals surface area contributed by atoms with Crippen molar-refractivity contribution in [2.24, 2.45) is 5.73 Å². The van der Waals surface area contributed by atoms with Gasteiger partial charge in [-0.15, -0.1) is 0 Å². The zero-order chi connectivity index (χ0) is 13.3. The van der Waals surface area contributed by atoms with Crippen molar-refractivity contribution in [3.63, 3.8) is 0 Å². The molecule has 0 aliphatic carbocycles. The van der Waals surface area contributed by atoms with Crippen molar-refractivity contribution in [1.82, 2.24) is 9.03 Å². The Morgan fingerprint density at radius 2 is 2.00 bits per heavy atom. The van der Waals surface area contributed by atoms with Gasteiger partial charge in [0.05, 0.1) is 6.61 Å². The Morgan fingerprint density at radius 3 is 2.47 bits per heavy atom. The van der Waals surface area contributed by atoms with Crippen molar-refractivity contribution in [2.75, 3.05) is 26.2 Å². The van der Waals surface area contributed by atoms with Crippen LogP contribution in [0.5, 0.6) is 0 Å². The van der Waals surface area contributed by atoms with Crippen LogP contribution < -0.4 is 10.5 Å². The summed E-state index contributed by atoms with van der Waals surface area (Å²) in [6.45, 7) is 4.38. The summed E-state index contributed by atoms with van der Waals surface area (Å²) in [6.07, 6.45) is 0.603. The number of carbonyl (C=O) groups is 1. The summed E-state index contributed by atoms with van der Waals surface area (Å²) < 4.78 is 31.0. The third-order valence-corrected chi connectivity index (χ3v) is 3.44. The highest BCUT2D eigenvalue weighted by Crippen LogP contribution is 2.01. The second-order valence-electron chi connectivity index (χ2n) is 3.37. The van der Waals surface area contributed by atoms with Gasteiger partial charge in [-0.05, 0) is 13.3 Å². The number of rotatable bonds is 8. The van der Waals surface area contributed by atoms with Crippen molar-refractivity contribution in [3.8, 4) is 0 Å². The Bertz CT molecular complexity index is 318. The normalized spacial score (nSPS) is 11.5. The fourth-order valence-electron chi connectivity index (χ4n) is 1.16. The second kappa shape index (κ2) is 8.26. The Labute approximate surface area is 102 Å². The molecule has 0 aromatic heterocycles. The van der Waals surface area contributed by atoms with Gasteiger partial charge >= 0.3 is 16.3 Å². The molecule has 0 rings (SSSR count). The van der Waals surface area contributed by atoms with E-state index in [0.717, 1.165) is 10.7 Å². The average Bonchev–Trinajstić information content (AvgIpc) is 2.23. The summed E-state index contributed by atoms with van der Waals surface area (Å²) in [7, 11) is -3.85. The Kier molecular flexibility index (Phi) is 7.85. The van der Waals surface area contributed by atoms with E-state index in [2.05, 4.69) is 4.74 Å². The third kappa shape index (κ3) is 6.44. The molecule has 0 bridgehead atoms. The zero-order valence-corrected chi connectivity index (χ0v) is 11.1. The van der Waals surface area contributed by atoms with Crippen LogP contribution in [-0.2, 0) is 14.9 Å². The lowest BCUT2D eigenvalue weighted by Gasteiger charge is -2.20. The van der Waals surface area contributed by atoms with Crippen LogP contribution in [0.2, 0.25) is 0 Å². The lowest BCUT2D eigenvalue weighted by Crippen LogP contribution is -2.46. The maximum Gasteiger partial charge on any atom is 0.421 e. The Hall–Kier alpha value is -0.860. The number of hydrogen-bond donors (Lipinski definition) is 2. The van der Waals surface area contributed by atoms with E-state index in [1.807, 2.05) is 11.6 Å². The summed E-state index contributed by atoms with van der Waals surface area (Å²) >= 11 is 0. The third-order valence-electron chi connectivity index (χ3n) is 1.97. The summed E-state index contributed by atoms with van der Waals surface area (Å²) in [6, 6.07) is 0. The largest absolute Gasteiger partial charge is 0.449 e. The number of hydrogen-bond acceptors (Lipinski definition) is 5. The molecule has 0 spiro atoms. The van der Waals surface area contributed by atoms with Crippen LogP contribution in [0.15, 0.2) is 0 Å². The first-order chi connectivity index (χ1) is 7.97. The molecule has 0 radical (unpaired) electrons. The van der Waals surface area contributed by atoms with Gasteiger partial charge in [0.15, 0.2) is 0 Å². The minimum Gasteiger partial charge on any atom is -0.449 e. The van der Waals surface area contributed by atoms with E-state index in [9.17, 15) is 13.2 Å². The molecule has 0 atom stereocenters. The van der Waals surface area contributed by atoms with Crippen LogP contribution in [0.25, 0.3) is 0 Å². The first-order valence-corrected chi connectivity index (χ1v) is 7.06. The maximum absolute atomic E-state index is 11.8. The average molecular weight is 267 g/mol. The molecule has 3 N–H and O–H groups in total. The van der Waals surface area contributed by atoms with E-state index in [1.54, 1.807) is 6.92 Å². The maximum atomic E-state index is 11.8. The Morgan fingerprint density at radius 1 is 1.35 bits per heavy atom. The van der Waals surface area contributed by atoms with Crippen molar-refractivity contribution in [3.05, 3.63) is 0 Å². The van der Waals surface area contributed by atoms with Gasteiger partial charge in [0.25, 0.3) is 0 Å². The number of nitrogens with one attached hydrogen (secondary N) is 1. The van der Waals surface area contributed by atoms with E-state index >= 15 is 0 Å². The smallest absolute Gasteiger partial charge is 0.421 e. The van der Waals surface area contributed by atoms with E-state index in [4.69, 9.17) is 5.73 Å². The molecule has 0 saturated carbocycles. The standard InChI is InChI=1S/C9H21N3O4S/c1-3-5-7-12(8-6-10)17(14,15)11-9(13)16-4-2/h3-8,10H2,1-2H3,(H,11,13). The second-order valence-corrected chi connectivity index (χ2v) is 5.04. The minimum atomic E-state index is -3.85. The molecule has 0 aromatic carbocycles. The van der Waals surface area contributed by atoms with Crippen molar-refractivity contribution in [1.29, 1.82) is 0 Å². The van der Waals surface area contributed by atoms with Crippen LogP contribution in [0.1, 0.15) is 26.7 Å². The van der Waals surface area contributed by atoms with Crippen LogP contribution in [0.4, 0.5) is 4.79 Å². The van der Waals surface area contributed by atoms with E-state index in [1.165, 1.54) is 0 Å². The highest BCUT2D eigenvalue weighted by atomic mass is 32.2. The van der Waals surface area contributed by atoms with Gasteiger partial charge in [-0.1, -0.05) is 13.3 Å².